The topological polar surface area (TPSA) is 29.1 Å². The SMILES string of the molecule is CC(C)C(CCBr)NC(=O)c1csc(Br)c1. The van der Waals surface area contributed by atoms with Crippen molar-refractivity contribution in [2.45, 2.75) is 26.3 Å². The van der Waals surface area contributed by atoms with Crippen molar-refractivity contribution in [1.29, 1.82) is 0 Å². The Labute approximate surface area is 117 Å². The van der Waals surface area contributed by atoms with Crippen LogP contribution in [0.5, 0.6) is 0 Å². The van der Waals surface area contributed by atoms with Crippen LogP contribution in [0.25, 0.3) is 0 Å². The molecule has 0 fully saturated rings. The molecule has 0 spiro atoms. The Morgan fingerprint density at radius 2 is 2.25 bits per heavy atom. The summed E-state index contributed by atoms with van der Waals surface area (Å²) in [5.74, 6) is 0.463. The zero-order valence-corrected chi connectivity index (χ0v) is 13.3. The molecule has 1 amide bonds. The van der Waals surface area contributed by atoms with E-state index in [4.69, 9.17) is 0 Å². The molecule has 0 radical (unpaired) electrons. The fraction of sp³-hybridized carbons (Fsp3) is 0.545. The van der Waals surface area contributed by atoms with Gasteiger partial charge in [-0.2, -0.15) is 0 Å². The molecule has 0 saturated heterocycles. The number of amides is 1. The van der Waals surface area contributed by atoms with E-state index in [1.165, 1.54) is 11.3 Å². The fourth-order valence-corrected chi connectivity index (χ4v) is 3.00. The minimum Gasteiger partial charge on any atom is -0.349 e. The summed E-state index contributed by atoms with van der Waals surface area (Å²) in [6.45, 7) is 4.24. The molecular formula is C11H15Br2NOS. The van der Waals surface area contributed by atoms with Gasteiger partial charge in [-0.3, -0.25) is 4.79 Å². The first kappa shape index (κ1) is 14.2. The summed E-state index contributed by atoms with van der Waals surface area (Å²) in [6.07, 6.45) is 0.953. The van der Waals surface area contributed by atoms with Crippen LogP contribution in [0.4, 0.5) is 0 Å². The lowest BCUT2D eigenvalue weighted by atomic mass is 10.0. The molecule has 16 heavy (non-hydrogen) atoms. The summed E-state index contributed by atoms with van der Waals surface area (Å²) in [5.41, 5.74) is 0.733. The zero-order chi connectivity index (χ0) is 12.1. The van der Waals surface area contributed by atoms with E-state index in [0.717, 1.165) is 21.1 Å². The van der Waals surface area contributed by atoms with Gasteiger partial charge in [-0.25, -0.2) is 0 Å². The van der Waals surface area contributed by atoms with Gasteiger partial charge in [-0.15, -0.1) is 11.3 Å². The molecule has 1 heterocycles. The minimum atomic E-state index is 0.0154. The van der Waals surface area contributed by atoms with Crippen molar-refractivity contribution < 1.29 is 4.79 Å². The van der Waals surface area contributed by atoms with Crippen LogP contribution in [0.1, 0.15) is 30.6 Å². The number of nitrogens with one attached hydrogen (secondary N) is 1. The molecule has 90 valence electrons. The summed E-state index contributed by atoms with van der Waals surface area (Å²) in [6, 6.07) is 2.08. The maximum Gasteiger partial charge on any atom is 0.252 e. The van der Waals surface area contributed by atoms with Gasteiger partial charge >= 0.3 is 0 Å². The van der Waals surface area contributed by atoms with Crippen molar-refractivity contribution in [2.24, 2.45) is 5.92 Å². The molecule has 2 nitrogen and oxygen atoms in total. The average Bonchev–Trinajstić information content (AvgIpc) is 2.64. The quantitative estimate of drug-likeness (QED) is 0.780. The maximum absolute atomic E-state index is 11.9. The summed E-state index contributed by atoms with van der Waals surface area (Å²) < 4.78 is 0.985. The van der Waals surface area contributed by atoms with Crippen LogP contribution < -0.4 is 5.32 Å². The third-order valence-corrected chi connectivity index (χ3v) is 4.33. The van der Waals surface area contributed by atoms with Crippen molar-refractivity contribution in [3.8, 4) is 0 Å². The van der Waals surface area contributed by atoms with Crippen LogP contribution in [0.3, 0.4) is 0 Å². The smallest absolute Gasteiger partial charge is 0.252 e. The first-order valence-electron chi connectivity index (χ1n) is 5.15. The molecule has 5 heteroatoms. The molecule has 1 aromatic heterocycles. The highest BCUT2D eigenvalue weighted by Gasteiger charge is 2.17. The van der Waals surface area contributed by atoms with E-state index in [2.05, 4.69) is 51.0 Å². The molecule has 0 aromatic carbocycles. The largest absolute Gasteiger partial charge is 0.349 e. The van der Waals surface area contributed by atoms with Gasteiger partial charge in [-0.05, 0) is 34.3 Å². The van der Waals surface area contributed by atoms with Crippen molar-refractivity contribution in [1.82, 2.24) is 5.32 Å². The predicted octanol–water partition coefficient (Wildman–Crippen LogP) is 4.05. The van der Waals surface area contributed by atoms with Gasteiger partial charge in [0.2, 0.25) is 0 Å². The van der Waals surface area contributed by atoms with E-state index in [1.54, 1.807) is 0 Å². The van der Waals surface area contributed by atoms with Crippen molar-refractivity contribution in [3.63, 3.8) is 0 Å². The molecule has 1 N–H and O–H groups in total. The number of hydrogen-bond acceptors (Lipinski definition) is 2. The zero-order valence-electron chi connectivity index (χ0n) is 9.30. The Hall–Kier alpha value is 0.130. The number of carbonyl (C=O) groups is 1. The number of thiophene rings is 1. The van der Waals surface area contributed by atoms with E-state index < -0.39 is 0 Å². The molecule has 0 aliphatic heterocycles. The summed E-state index contributed by atoms with van der Waals surface area (Å²) in [7, 11) is 0. The number of rotatable bonds is 5. The van der Waals surface area contributed by atoms with Crippen molar-refractivity contribution in [3.05, 3.63) is 20.8 Å². The molecule has 0 aliphatic carbocycles. The van der Waals surface area contributed by atoms with Gasteiger partial charge in [0.05, 0.1) is 9.35 Å². The van der Waals surface area contributed by atoms with Gasteiger partial charge in [0.1, 0.15) is 0 Å². The van der Waals surface area contributed by atoms with Crippen LogP contribution in [0.2, 0.25) is 0 Å². The number of halogens is 2. The lowest BCUT2D eigenvalue weighted by Gasteiger charge is -2.21. The molecule has 1 aromatic rings. The van der Waals surface area contributed by atoms with E-state index in [-0.39, 0.29) is 11.9 Å². The van der Waals surface area contributed by atoms with Crippen LogP contribution in [-0.2, 0) is 0 Å². The summed E-state index contributed by atoms with van der Waals surface area (Å²) in [4.78, 5) is 11.9. The molecule has 0 bridgehead atoms. The van der Waals surface area contributed by atoms with Crippen LogP contribution >= 0.6 is 43.2 Å². The standard InChI is InChI=1S/C11H15Br2NOS/c1-7(2)9(3-4-12)14-11(15)8-5-10(13)16-6-8/h5-7,9H,3-4H2,1-2H3,(H,14,15). The van der Waals surface area contributed by atoms with E-state index in [0.29, 0.717) is 5.92 Å². The van der Waals surface area contributed by atoms with Crippen LogP contribution in [0, 0.1) is 5.92 Å². The Bertz CT molecular complexity index is 352. The highest BCUT2D eigenvalue weighted by molar-refractivity contribution is 9.11. The lowest BCUT2D eigenvalue weighted by Crippen LogP contribution is -2.38. The fourth-order valence-electron chi connectivity index (χ4n) is 1.37. The number of carbonyl (C=O) groups excluding carboxylic acids is 1. The highest BCUT2D eigenvalue weighted by atomic mass is 79.9. The second kappa shape index (κ2) is 6.77. The summed E-state index contributed by atoms with van der Waals surface area (Å²) >= 11 is 8.30. The third-order valence-electron chi connectivity index (χ3n) is 2.37. The van der Waals surface area contributed by atoms with Crippen LogP contribution in [0.15, 0.2) is 15.2 Å². The summed E-state index contributed by atoms with van der Waals surface area (Å²) in [5, 5.41) is 5.84. The molecule has 0 aliphatic rings. The van der Waals surface area contributed by atoms with Gasteiger partial charge in [0.15, 0.2) is 0 Å². The second-order valence-corrected chi connectivity index (χ2v) is 7.02. The van der Waals surface area contributed by atoms with Gasteiger partial charge < -0.3 is 5.32 Å². The normalized spacial score (nSPS) is 12.8. The first-order valence-corrected chi connectivity index (χ1v) is 7.95. The first-order chi connectivity index (χ1) is 7.54. The van der Waals surface area contributed by atoms with E-state index in [9.17, 15) is 4.79 Å². The third kappa shape index (κ3) is 4.18. The van der Waals surface area contributed by atoms with Crippen LogP contribution in [-0.4, -0.2) is 17.3 Å². The lowest BCUT2D eigenvalue weighted by molar-refractivity contribution is 0.0925. The molecular weight excluding hydrogens is 354 g/mol. The van der Waals surface area contributed by atoms with E-state index >= 15 is 0 Å². The monoisotopic (exact) mass is 367 g/mol. The number of hydrogen-bond donors (Lipinski definition) is 1. The maximum atomic E-state index is 11.9. The van der Waals surface area contributed by atoms with Crippen molar-refractivity contribution in [2.75, 3.05) is 5.33 Å². The van der Waals surface area contributed by atoms with E-state index in [1.807, 2.05) is 11.4 Å². The second-order valence-electron chi connectivity index (χ2n) is 3.94. The Morgan fingerprint density at radius 1 is 1.56 bits per heavy atom. The molecule has 1 atom stereocenters. The van der Waals surface area contributed by atoms with Gasteiger partial charge in [0, 0.05) is 16.8 Å². The molecule has 0 saturated carbocycles. The number of alkyl halides is 1. The van der Waals surface area contributed by atoms with Crippen molar-refractivity contribution >= 4 is 49.1 Å². The molecule has 1 rings (SSSR count). The minimum absolute atomic E-state index is 0.0154. The Kier molecular flexibility index (Phi) is 6.00. The Balaban J connectivity index is 2.61. The predicted molar refractivity (Wildman–Crippen MR) is 76.5 cm³/mol. The average molecular weight is 369 g/mol. The van der Waals surface area contributed by atoms with Gasteiger partial charge in [0.25, 0.3) is 5.91 Å². The highest BCUT2D eigenvalue weighted by Crippen LogP contribution is 2.21. The Morgan fingerprint density at radius 3 is 2.69 bits per heavy atom. The molecule has 1 unspecified atom stereocenters. The van der Waals surface area contributed by atoms with Gasteiger partial charge in [-0.1, -0.05) is 29.8 Å².